The van der Waals surface area contributed by atoms with Crippen LogP contribution in [0.1, 0.15) is 17.2 Å². The lowest BCUT2D eigenvalue weighted by Crippen LogP contribution is -2.31. The molecule has 120 valence electrons. The molecule has 4 heteroatoms. The van der Waals surface area contributed by atoms with Crippen LogP contribution in [-0.4, -0.2) is 17.6 Å². The normalized spacial score (nSPS) is 11.5. The highest BCUT2D eigenvalue weighted by Gasteiger charge is 2.16. The van der Waals surface area contributed by atoms with Gasteiger partial charge in [-0.2, -0.15) is 0 Å². The van der Waals surface area contributed by atoms with Crippen molar-refractivity contribution >= 4 is 6.09 Å². The lowest BCUT2D eigenvalue weighted by atomic mass is 9.95. The number of ether oxygens (including phenoxy) is 1. The molecule has 0 saturated carbocycles. The van der Waals surface area contributed by atoms with Gasteiger partial charge < -0.3 is 10.1 Å². The fourth-order valence-electron chi connectivity index (χ4n) is 2.48. The van der Waals surface area contributed by atoms with Gasteiger partial charge in [0, 0.05) is 24.4 Å². The molecular weight excluding hydrogens is 300 g/mol. The van der Waals surface area contributed by atoms with Gasteiger partial charge in [-0.1, -0.05) is 54.6 Å². The third-order valence-corrected chi connectivity index (χ3v) is 3.65. The van der Waals surface area contributed by atoms with E-state index < -0.39 is 6.09 Å². The minimum absolute atomic E-state index is 0.0317. The van der Waals surface area contributed by atoms with Gasteiger partial charge in [0.25, 0.3) is 0 Å². The predicted octanol–water partition coefficient (Wildman–Crippen LogP) is 4.00. The minimum Gasteiger partial charge on any atom is -0.410 e. The van der Waals surface area contributed by atoms with Crippen LogP contribution in [0.3, 0.4) is 0 Å². The lowest BCUT2D eigenvalue weighted by Gasteiger charge is -2.17. The van der Waals surface area contributed by atoms with E-state index in [1.807, 2.05) is 66.7 Å². The quantitative estimate of drug-likeness (QED) is 0.773. The monoisotopic (exact) mass is 318 g/mol. The van der Waals surface area contributed by atoms with Crippen LogP contribution in [0.15, 0.2) is 85.1 Å². The minimum atomic E-state index is -0.474. The van der Waals surface area contributed by atoms with Crippen LogP contribution in [-0.2, 0) is 0 Å². The second-order valence-electron chi connectivity index (χ2n) is 5.30. The first-order valence-electron chi connectivity index (χ1n) is 7.79. The predicted molar refractivity (Wildman–Crippen MR) is 93.0 cm³/mol. The van der Waals surface area contributed by atoms with Gasteiger partial charge in [0.15, 0.2) is 0 Å². The highest BCUT2D eigenvalue weighted by molar-refractivity contribution is 5.70. The van der Waals surface area contributed by atoms with E-state index in [2.05, 4.69) is 10.3 Å². The number of aromatic nitrogens is 1. The van der Waals surface area contributed by atoms with E-state index in [0.717, 1.165) is 11.3 Å². The van der Waals surface area contributed by atoms with E-state index in [4.69, 9.17) is 4.74 Å². The average molecular weight is 318 g/mol. The highest BCUT2D eigenvalue weighted by Crippen LogP contribution is 2.22. The number of para-hydroxylation sites is 1. The Morgan fingerprint density at radius 1 is 0.917 bits per heavy atom. The van der Waals surface area contributed by atoms with Crippen LogP contribution in [0.2, 0.25) is 0 Å². The SMILES string of the molecule is O=C(NCC(c1ccccc1)c1ccccn1)Oc1ccccc1. The Bertz CT molecular complexity index is 722. The van der Waals surface area contributed by atoms with E-state index >= 15 is 0 Å². The second kappa shape index (κ2) is 7.92. The largest absolute Gasteiger partial charge is 0.412 e. The number of rotatable bonds is 5. The van der Waals surface area contributed by atoms with Gasteiger partial charge in [0.1, 0.15) is 5.75 Å². The second-order valence-corrected chi connectivity index (χ2v) is 5.30. The summed E-state index contributed by atoms with van der Waals surface area (Å²) in [6.07, 6.45) is 1.28. The summed E-state index contributed by atoms with van der Waals surface area (Å²) in [5, 5.41) is 2.83. The van der Waals surface area contributed by atoms with Gasteiger partial charge in [-0.15, -0.1) is 0 Å². The third kappa shape index (κ3) is 4.20. The van der Waals surface area contributed by atoms with Gasteiger partial charge in [0.05, 0.1) is 0 Å². The summed E-state index contributed by atoms with van der Waals surface area (Å²) in [5.74, 6) is 0.486. The van der Waals surface area contributed by atoms with Crippen molar-refractivity contribution < 1.29 is 9.53 Å². The molecule has 0 spiro atoms. The van der Waals surface area contributed by atoms with Crippen molar-refractivity contribution in [2.24, 2.45) is 0 Å². The molecule has 24 heavy (non-hydrogen) atoms. The zero-order valence-electron chi connectivity index (χ0n) is 13.1. The summed E-state index contributed by atoms with van der Waals surface area (Å²) in [7, 11) is 0. The number of hydrogen-bond acceptors (Lipinski definition) is 3. The summed E-state index contributed by atoms with van der Waals surface area (Å²) >= 11 is 0. The topological polar surface area (TPSA) is 51.2 Å². The molecule has 4 nitrogen and oxygen atoms in total. The molecule has 0 aliphatic rings. The molecule has 1 aromatic heterocycles. The molecule has 1 unspecified atom stereocenters. The maximum Gasteiger partial charge on any atom is 0.412 e. The van der Waals surface area contributed by atoms with E-state index in [1.54, 1.807) is 18.3 Å². The summed E-state index contributed by atoms with van der Waals surface area (Å²) in [4.78, 5) is 16.5. The highest BCUT2D eigenvalue weighted by atomic mass is 16.6. The zero-order valence-corrected chi connectivity index (χ0v) is 13.1. The zero-order chi connectivity index (χ0) is 16.6. The van der Waals surface area contributed by atoms with E-state index in [-0.39, 0.29) is 5.92 Å². The van der Waals surface area contributed by atoms with E-state index in [1.165, 1.54) is 0 Å². The average Bonchev–Trinajstić information content (AvgIpc) is 2.64. The molecule has 1 amide bonds. The molecule has 3 aromatic rings. The number of pyridine rings is 1. The maximum absolute atomic E-state index is 12.0. The summed E-state index contributed by atoms with van der Waals surface area (Å²) in [5.41, 5.74) is 2.00. The molecule has 1 heterocycles. The Kier molecular flexibility index (Phi) is 5.20. The number of hydrogen-bond donors (Lipinski definition) is 1. The van der Waals surface area contributed by atoms with Crippen molar-refractivity contribution in [3.63, 3.8) is 0 Å². The molecule has 0 saturated heterocycles. The van der Waals surface area contributed by atoms with Crippen LogP contribution in [0.4, 0.5) is 4.79 Å². The Hall–Kier alpha value is -3.14. The van der Waals surface area contributed by atoms with Crippen molar-refractivity contribution in [1.82, 2.24) is 10.3 Å². The van der Waals surface area contributed by atoms with Crippen LogP contribution < -0.4 is 10.1 Å². The molecule has 0 aliphatic carbocycles. The number of amides is 1. The molecule has 3 rings (SSSR count). The summed E-state index contributed by atoms with van der Waals surface area (Å²) in [6.45, 7) is 0.409. The van der Waals surface area contributed by atoms with E-state index in [9.17, 15) is 4.79 Å². The van der Waals surface area contributed by atoms with Crippen molar-refractivity contribution in [1.29, 1.82) is 0 Å². The molecule has 0 radical (unpaired) electrons. The van der Waals surface area contributed by atoms with Crippen LogP contribution in [0.5, 0.6) is 5.75 Å². The Balaban J connectivity index is 1.70. The van der Waals surface area contributed by atoms with E-state index in [0.29, 0.717) is 12.3 Å². The summed E-state index contributed by atoms with van der Waals surface area (Å²) in [6, 6.07) is 24.8. The van der Waals surface area contributed by atoms with Gasteiger partial charge in [0.2, 0.25) is 0 Å². The van der Waals surface area contributed by atoms with Crippen molar-refractivity contribution in [2.45, 2.75) is 5.92 Å². The first kappa shape index (κ1) is 15.7. The number of nitrogens with one attached hydrogen (secondary N) is 1. The van der Waals surface area contributed by atoms with Gasteiger partial charge in [-0.25, -0.2) is 4.79 Å². The summed E-state index contributed by atoms with van der Waals surface area (Å²) < 4.78 is 5.27. The van der Waals surface area contributed by atoms with Crippen molar-refractivity contribution in [2.75, 3.05) is 6.54 Å². The van der Waals surface area contributed by atoms with Crippen molar-refractivity contribution in [3.05, 3.63) is 96.3 Å². The molecule has 0 fully saturated rings. The number of carbonyl (C=O) groups excluding carboxylic acids is 1. The Morgan fingerprint density at radius 3 is 2.25 bits per heavy atom. The van der Waals surface area contributed by atoms with Gasteiger partial charge >= 0.3 is 6.09 Å². The van der Waals surface area contributed by atoms with Gasteiger partial charge in [-0.05, 0) is 29.8 Å². The smallest absolute Gasteiger partial charge is 0.410 e. The first-order chi connectivity index (χ1) is 11.8. The fourth-order valence-corrected chi connectivity index (χ4v) is 2.48. The number of nitrogens with zero attached hydrogens (tertiary/aromatic N) is 1. The first-order valence-corrected chi connectivity index (χ1v) is 7.79. The van der Waals surface area contributed by atoms with Crippen LogP contribution in [0.25, 0.3) is 0 Å². The lowest BCUT2D eigenvalue weighted by molar-refractivity contribution is 0.200. The molecule has 2 aromatic carbocycles. The third-order valence-electron chi connectivity index (χ3n) is 3.65. The molecule has 0 bridgehead atoms. The van der Waals surface area contributed by atoms with Crippen LogP contribution in [0, 0.1) is 0 Å². The van der Waals surface area contributed by atoms with Crippen LogP contribution >= 0.6 is 0 Å². The molecular formula is C20H18N2O2. The fraction of sp³-hybridized carbons (Fsp3) is 0.100. The van der Waals surface area contributed by atoms with Crippen molar-refractivity contribution in [3.8, 4) is 5.75 Å². The Morgan fingerprint density at radius 2 is 1.58 bits per heavy atom. The molecule has 1 N–H and O–H groups in total. The maximum atomic E-state index is 12.0. The Labute approximate surface area is 141 Å². The van der Waals surface area contributed by atoms with Gasteiger partial charge in [-0.3, -0.25) is 4.98 Å². The molecule has 1 atom stereocenters. The standard InChI is InChI=1S/C20H18N2O2/c23-20(24-17-11-5-2-6-12-17)22-15-18(16-9-3-1-4-10-16)19-13-7-8-14-21-19/h1-14,18H,15H2,(H,22,23). The number of benzene rings is 2. The molecule has 0 aliphatic heterocycles. The number of carbonyl (C=O) groups is 1.